The lowest BCUT2D eigenvalue weighted by atomic mass is 9.62. The molecule has 0 aromatic carbocycles. The van der Waals surface area contributed by atoms with Crippen LogP contribution in [-0.2, 0) is 0 Å². The predicted molar refractivity (Wildman–Crippen MR) is 42.0 cm³/mol. The molecular formula is C8H15FN2. The van der Waals surface area contributed by atoms with Crippen LogP contribution in [0.5, 0.6) is 0 Å². The Morgan fingerprint density at radius 2 is 2.45 bits per heavy atom. The van der Waals surface area contributed by atoms with E-state index in [1.165, 1.54) is 0 Å². The summed E-state index contributed by atoms with van der Waals surface area (Å²) in [6.45, 7) is 1.76. The van der Waals surface area contributed by atoms with E-state index in [4.69, 9.17) is 5.73 Å². The second-order valence-corrected chi connectivity index (χ2v) is 4.15. The highest BCUT2D eigenvalue weighted by molar-refractivity contribution is 5.12. The zero-order valence-electron chi connectivity index (χ0n) is 6.89. The van der Waals surface area contributed by atoms with Gasteiger partial charge in [-0.05, 0) is 25.3 Å². The van der Waals surface area contributed by atoms with Crippen molar-refractivity contribution in [3.63, 3.8) is 0 Å². The van der Waals surface area contributed by atoms with Crippen molar-refractivity contribution in [1.29, 1.82) is 0 Å². The molecule has 2 rings (SSSR count). The largest absolute Gasteiger partial charge is 0.324 e. The molecule has 2 fully saturated rings. The Labute approximate surface area is 66.5 Å². The zero-order valence-corrected chi connectivity index (χ0v) is 6.89. The van der Waals surface area contributed by atoms with E-state index < -0.39 is 0 Å². The van der Waals surface area contributed by atoms with E-state index >= 15 is 0 Å². The highest BCUT2D eigenvalue weighted by Crippen LogP contribution is 2.46. The maximum absolute atomic E-state index is 12.3. The van der Waals surface area contributed by atoms with Crippen molar-refractivity contribution >= 4 is 0 Å². The molecule has 2 aliphatic rings. The molecule has 0 aromatic rings. The van der Waals surface area contributed by atoms with E-state index in [2.05, 4.69) is 11.9 Å². The summed E-state index contributed by atoms with van der Waals surface area (Å²) in [5.74, 6) is 0.683. The minimum Gasteiger partial charge on any atom is -0.324 e. The lowest BCUT2D eigenvalue weighted by molar-refractivity contribution is 0.0629. The second kappa shape index (κ2) is 2.17. The van der Waals surface area contributed by atoms with Crippen LogP contribution in [0.3, 0.4) is 0 Å². The smallest absolute Gasteiger partial charge is 0.0927 e. The Balaban J connectivity index is 2.05. The van der Waals surface area contributed by atoms with Gasteiger partial charge in [0.05, 0.1) is 6.67 Å². The van der Waals surface area contributed by atoms with Gasteiger partial charge >= 0.3 is 0 Å². The SMILES string of the molecule is CN1C[C@H]2C(CF)C[C@@]2(N)C1. The number of nitrogens with two attached hydrogens (primary N) is 1. The van der Waals surface area contributed by atoms with E-state index in [9.17, 15) is 4.39 Å². The van der Waals surface area contributed by atoms with Crippen LogP contribution < -0.4 is 5.73 Å². The van der Waals surface area contributed by atoms with E-state index in [0.29, 0.717) is 5.92 Å². The lowest BCUT2D eigenvalue weighted by Gasteiger charge is -2.47. The third kappa shape index (κ3) is 0.908. The summed E-state index contributed by atoms with van der Waals surface area (Å²) in [4.78, 5) is 2.21. The number of nitrogens with zero attached hydrogens (tertiary/aromatic N) is 1. The molecule has 0 radical (unpaired) electrons. The molecule has 2 nitrogen and oxygen atoms in total. The van der Waals surface area contributed by atoms with Crippen molar-refractivity contribution in [2.75, 3.05) is 26.8 Å². The van der Waals surface area contributed by atoms with Gasteiger partial charge in [-0.3, -0.25) is 4.39 Å². The van der Waals surface area contributed by atoms with Crippen molar-refractivity contribution in [2.24, 2.45) is 17.6 Å². The standard InChI is InChI=1S/C8H15FN2/c1-11-4-7-6(3-9)2-8(7,10)5-11/h6-7H,2-5,10H2,1H3/t6?,7-,8+/m0/s1. The number of rotatable bonds is 1. The van der Waals surface area contributed by atoms with Crippen molar-refractivity contribution in [3.05, 3.63) is 0 Å². The van der Waals surface area contributed by atoms with E-state index in [0.717, 1.165) is 19.5 Å². The third-order valence-corrected chi connectivity index (χ3v) is 3.22. The number of fused-ring (bicyclic) bond motifs is 1. The van der Waals surface area contributed by atoms with Crippen molar-refractivity contribution in [1.82, 2.24) is 4.90 Å². The molecule has 0 aromatic heterocycles. The quantitative estimate of drug-likeness (QED) is 0.592. The van der Waals surface area contributed by atoms with E-state index in [-0.39, 0.29) is 18.1 Å². The third-order valence-electron chi connectivity index (χ3n) is 3.22. The number of hydrogen-bond acceptors (Lipinski definition) is 2. The highest BCUT2D eigenvalue weighted by atomic mass is 19.1. The first-order valence-corrected chi connectivity index (χ1v) is 4.19. The Morgan fingerprint density at radius 3 is 3.00 bits per heavy atom. The number of alkyl halides is 1. The Kier molecular flexibility index (Phi) is 1.48. The monoisotopic (exact) mass is 158 g/mol. The summed E-state index contributed by atoms with van der Waals surface area (Å²) in [5.41, 5.74) is 6.02. The van der Waals surface area contributed by atoms with Crippen LogP contribution in [0, 0.1) is 11.8 Å². The van der Waals surface area contributed by atoms with Gasteiger partial charge in [-0.2, -0.15) is 0 Å². The average Bonchev–Trinajstić information content (AvgIpc) is 2.14. The molecule has 1 aliphatic carbocycles. The number of halogens is 1. The van der Waals surface area contributed by atoms with Gasteiger partial charge in [-0.15, -0.1) is 0 Å². The van der Waals surface area contributed by atoms with E-state index in [1.54, 1.807) is 0 Å². The molecule has 11 heavy (non-hydrogen) atoms. The first kappa shape index (κ1) is 7.50. The average molecular weight is 158 g/mol. The van der Waals surface area contributed by atoms with Gasteiger partial charge in [-0.1, -0.05) is 0 Å². The number of likely N-dealkylation sites (tertiary alicyclic amines) is 1. The molecule has 64 valence electrons. The second-order valence-electron chi connectivity index (χ2n) is 4.15. The summed E-state index contributed by atoms with van der Waals surface area (Å²) >= 11 is 0. The Hall–Kier alpha value is -0.150. The molecule has 1 saturated carbocycles. The summed E-state index contributed by atoms with van der Waals surface area (Å²) < 4.78 is 12.3. The predicted octanol–water partition coefficient (Wildman–Crippen LogP) is 0.235. The van der Waals surface area contributed by atoms with Gasteiger partial charge < -0.3 is 10.6 Å². The molecule has 0 amide bonds. The van der Waals surface area contributed by atoms with Crippen LogP contribution in [0.4, 0.5) is 4.39 Å². The van der Waals surface area contributed by atoms with Crippen LogP contribution in [0.15, 0.2) is 0 Å². The van der Waals surface area contributed by atoms with Gasteiger partial charge in [0.15, 0.2) is 0 Å². The Morgan fingerprint density at radius 1 is 1.73 bits per heavy atom. The van der Waals surface area contributed by atoms with Crippen molar-refractivity contribution in [2.45, 2.75) is 12.0 Å². The van der Waals surface area contributed by atoms with Crippen LogP contribution in [0.25, 0.3) is 0 Å². The molecule has 1 saturated heterocycles. The summed E-state index contributed by atoms with van der Waals surface area (Å²) in [7, 11) is 2.06. The van der Waals surface area contributed by atoms with Gasteiger partial charge in [0.25, 0.3) is 0 Å². The number of hydrogen-bond donors (Lipinski definition) is 1. The minimum atomic E-state index is -0.183. The molecule has 1 aliphatic heterocycles. The maximum Gasteiger partial charge on any atom is 0.0927 e. The normalized spacial score (nSPS) is 50.5. The highest BCUT2D eigenvalue weighted by Gasteiger charge is 2.55. The van der Waals surface area contributed by atoms with Gasteiger partial charge in [0.2, 0.25) is 0 Å². The van der Waals surface area contributed by atoms with Crippen LogP contribution in [-0.4, -0.2) is 37.3 Å². The van der Waals surface area contributed by atoms with E-state index in [1.807, 2.05) is 0 Å². The fourth-order valence-corrected chi connectivity index (χ4v) is 2.67. The van der Waals surface area contributed by atoms with Gasteiger partial charge in [0, 0.05) is 18.6 Å². The van der Waals surface area contributed by atoms with Crippen molar-refractivity contribution < 1.29 is 4.39 Å². The number of likely N-dealkylation sites (N-methyl/N-ethyl adjacent to an activating group) is 1. The summed E-state index contributed by atoms with van der Waals surface area (Å²) in [6.07, 6.45) is 0.887. The van der Waals surface area contributed by atoms with Crippen LogP contribution in [0.2, 0.25) is 0 Å². The van der Waals surface area contributed by atoms with Gasteiger partial charge in [-0.25, -0.2) is 0 Å². The van der Waals surface area contributed by atoms with Crippen LogP contribution in [0.1, 0.15) is 6.42 Å². The molecule has 0 spiro atoms. The molecule has 0 bridgehead atoms. The zero-order chi connectivity index (χ0) is 8.06. The molecule has 2 N–H and O–H groups in total. The minimum absolute atomic E-state index is 0.0362. The molecular weight excluding hydrogens is 143 g/mol. The molecule has 3 atom stereocenters. The lowest BCUT2D eigenvalue weighted by Crippen LogP contribution is -2.60. The van der Waals surface area contributed by atoms with Crippen molar-refractivity contribution in [3.8, 4) is 0 Å². The first-order chi connectivity index (χ1) is 5.15. The Bertz CT molecular complexity index is 173. The topological polar surface area (TPSA) is 29.3 Å². The van der Waals surface area contributed by atoms with Crippen LogP contribution >= 0.6 is 0 Å². The summed E-state index contributed by atoms with van der Waals surface area (Å²) in [5, 5.41) is 0. The molecule has 1 unspecified atom stereocenters. The first-order valence-electron chi connectivity index (χ1n) is 4.19. The fourth-order valence-electron chi connectivity index (χ4n) is 2.67. The molecule has 1 heterocycles. The van der Waals surface area contributed by atoms with Gasteiger partial charge in [0.1, 0.15) is 0 Å². The summed E-state index contributed by atoms with van der Waals surface area (Å²) in [6, 6.07) is 0. The maximum atomic E-state index is 12.3. The molecule has 3 heteroatoms. The fraction of sp³-hybridized carbons (Fsp3) is 1.00.